The van der Waals surface area contributed by atoms with Gasteiger partial charge in [-0.3, -0.25) is 29.0 Å². The number of aliphatic imine (C=N–C) groups is 1. The molecule has 3 rings (SSSR count). The molecule has 2 bridgehead atoms. The van der Waals surface area contributed by atoms with Crippen molar-refractivity contribution < 1.29 is 33.4 Å². The normalized spacial score (nSPS) is 28.5. The highest BCUT2D eigenvalue weighted by molar-refractivity contribution is 8.14. The lowest BCUT2D eigenvalue weighted by molar-refractivity contribution is -0.145. The fraction of sp³-hybridized carbons (Fsp3) is 0.730. The van der Waals surface area contributed by atoms with E-state index in [1.54, 1.807) is 53.7 Å². The van der Waals surface area contributed by atoms with E-state index in [0.717, 1.165) is 0 Å². The molecule has 13 nitrogen and oxygen atoms in total. The summed E-state index contributed by atoms with van der Waals surface area (Å²) in [5.41, 5.74) is -1.63. The van der Waals surface area contributed by atoms with Crippen molar-refractivity contribution in [1.29, 1.82) is 0 Å². The molecular weight excluding hydrogens is 673 g/mol. The van der Waals surface area contributed by atoms with Crippen LogP contribution in [0.15, 0.2) is 30.3 Å². The SMILES string of the molecule is C=CC(C)(C)O[C@@H](C)[C@@H]1NC(=O)[C@@H]2CCCN2C(=O)[C@H](C(C)C)NC(=O)[C@H]([C@@H](C)OC(C)(C)C=C)NC(=O)[C@H]2CSC(=N2)[C@H](CC(C)C)NC1=O. The van der Waals surface area contributed by atoms with E-state index in [4.69, 9.17) is 14.5 Å². The number of ether oxygens (including phenoxy) is 2. The van der Waals surface area contributed by atoms with Crippen LogP contribution in [0.1, 0.15) is 88.5 Å². The smallest absolute Gasteiger partial charge is 0.246 e. The molecule has 1 saturated heterocycles. The Labute approximate surface area is 307 Å². The van der Waals surface area contributed by atoms with Crippen molar-refractivity contribution in [3.8, 4) is 0 Å². The first-order valence-electron chi connectivity index (χ1n) is 18.1. The van der Waals surface area contributed by atoms with E-state index >= 15 is 0 Å². The predicted octanol–water partition coefficient (Wildman–Crippen LogP) is 2.89. The molecule has 8 atom stereocenters. The lowest BCUT2D eigenvalue weighted by atomic mass is 10.00. The van der Waals surface area contributed by atoms with E-state index in [2.05, 4.69) is 34.4 Å². The van der Waals surface area contributed by atoms with Gasteiger partial charge in [-0.05, 0) is 72.6 Å². The summed E-state index contributed by atoms with van der Waals surface area (Å²) in [5.74, 6) is -2.39. The highest BCUT2D eigenvalue weighted by Gasteiger charge is 2.43. The van der Waals surface area contributed by atoms with Crippen LogP contribution in [0.2, 0.25) is 0 Å². The molecule has 0 unspecified atom stereocenters. The number of hydrogen-bond acceptors (Lipinski definition) is 9. The van der Waals surface area contributed by atoms with Crippen molar-refractivity contribution in [3.63, 3.8) is 0 Å². The fourth-order valence-corrected chi connectivity index (χ4v) is 7.50. The highest BCUT2D eigenvalue weighted by Crippen LogP contribution is 2.26. The molecule has 0 aliphatic carbocycles. The van der Waals surface area contributed by atoms with Gasteiger partial charge in [-0.2, -0.15) is 0 Å². The van der Waals surface area contributed by atoms with Gasteiger partial charge in [0.25, 0.3) is 0 Å². The van der Waals surface area contributed by atoms with Gasteiger partial charge in [-0.15, -0.1) is 24.9 Å². The molecule has 3 heterocycles. The summed E-state index contributed by atoms with van der Waals surface area (Å²) in [6.45, 7) is 26.2. The summed E-state index contributed by atoms with van der Waals surface area (Å²) in [4.78, 5) is 76.5. The molecule has 0 aromatic carbocycles. The Morgan fingerprint density at radius 3 is 1.82 bits per heavy atom. The van der Waals surface area contributed by atoms with E-state index < -0.39 is 89.2 Å². The standard InChI is InChI=1S/C37H60N6O7S/c1-13-36(9,10)49-22(7)28-32(46)38-24(18-20(3)4)34-39-25(19-51-34)30(44)41-29(23(8)50-37(11,12)14-2)33(47)40-27(21(5)6)35(48)43-17-15-16-26(43)31(45)42-28/h13-14,20-29H,1-2,15-19H2,3-12H3,(H,38,46)(H,40,47)(H,41,44)(H,42,45)/t22-,23+,24-,25+,26-,27-,28-,29-/m0/s1. The van der Waals surface area contributed by atoms with E-state index in [-0.39, 0.29) is 11.8 Å². The Morgan fingerprint density at radius 1 is 0.804 bits per heavy atom. The van der Waals surface area contributed by atoms with E-state index in [1.165, 1.54) is 16.7 Å². The monoisotopic (exact) mass is 732 g/mol. The first-order valence-corrected chi connectivity index (χ1v) is 19.0. The topological polar surface area (TPSA) is 168 Å². The quantitative estimate of drug-likeness (QED) is 0.236. The lowest BCUT2D eigenvalue weighted by Crippen LogP contribution is -2.62. The van der Waals surface area contributed by atoms with Gasteiger partial charge < -0.3 is 35.6 Å². The van der Waals surface area contributed by atoms with Crippen molar-refractivity contribution in [1.82, 2.24) is 26.2 Å². The minimum absolute atomic E-state index is 0.150. The molecule has 4 N–H and O–H groups in total. The molecule has 14 heteroatoms. The minimum atomic E-state index is -1.18. The summed E-state index contributed by atoms with van der Waals surface area (Å²) >= 11 is 1.36. The van der Waals surface area contributed by atoms with Crippen LogP contribution < -0.4 is 21.3 Å². The number of rotatable bonds is 11. The zero-order chi connectivity index (χ0) is 38.4. The van der Waals surface area contributed by atoms with Crippen LogP contribution >= 0.6 is 11.8 Å². The molecule has 51 heavy (non-hydrogen) atoms. The fourth-order valence-electron chi connectivity index (χ4n) is 6.39. The number of carbonyl (C=O) groups is 5. The number of nitrogens with one attached hydrogen (secondary N) is 4. The second-order valence-electron chi connectivity index (χ2n) is 15.6. The summed E-state index contributed by atoms with van der Waals surface area (Å²) in [6, 6.07) is -5.59. The maximum atomic E-state index is 14.2. The van der Waals surface area contributed by atoms with Crippen molar-refractivity contribution >= 4 is 46.3 Å². The van der Waals surface area contributed by atoms with Gasteiger partial charge in [-0.1, -0.05) is 39.8 Å². The minimum Gasteiger partial charge on any atom is -0.366 e. The average molecular weight is 733 g/mol. The van der Waals surface area contributed by atoms with Crippen LogP contribution in [0, 0.1) is 11.8 Å². The maximum Gasteiger partial charge on any atom is 0.246 e. The van der Waals surface area contributed by atoms with Crippen LogP contribution in [-0.4, -0.2) is 111 Å². The van der Waals surface area contributed by atoms with Crippen LogP contribution in [0.3, 0.4) is 0 Å². The zero-order valence-electron chi connectivity index (χ0n) is 32.0. The Hall–Kier alpha value is -3.23. The van der Waals surface area contributed by atoms with Gasteiger partial charge in [0, 0.05) is 12.3 Å². The summed E-state index contributed by atoms with van der Waals surface area (Å²) in [7, 11) is 0. The first kappa shape index (κ1) is 42.2. The summed E-state index contributed by atoms with van der Waals surface area (Å²) in [5, 5.41) is 12.3. The average Bonchev–Trinajstić information content (AvgIpc) is 3.74. The van der Waals surface area contributed by atoms with Gasteiger partial charge in [0.2, 0.25) is 29.5 Å². The number of hydrogen-bond donors (Lipinski definition) is 4. The zero-order valence-corrected chi connectivity index (χ0v) is 32.9. The molecule has 0 saturated carbocycles. The third-order valence-electron chi connectivity index (χ3n) is 9.43. The number of carbonyl (C=O) groups excluding carboxylic acids is 5. The number of nitrogens with zero attached hydrogens (tertiary/aromatic N) is 2. The van der Waals surface area contributed by atoms with Crippen LogP contribution in [0.25, 0.3) is 0 Å². The van der Waals surface area contributed by atoms with Crippen molar-refractivity contribution in [2.75, 3.05) is 12.3 Å². The van der Waals surface area contributed by atoms with Gasteiger partial charge in [0.1, 0.15) is 30.2 Å². The van der Waals surface area contributed by atoms with Crippen molar-refractivity contribution in [2.45, 2.75) is 148 Å². The Bertz CT molecular complexity index is 1360. The van der Waals surface area contributed by atoms with Gasteiger partial charge in [-0.25, -0.2) is 0 Å². The predicted molar refractivity (Wildman–Crippen MR) is 200 cm³/mol. The van der Waals surface area contributed by atoms with E-state index in [9.17, 15) is 24.0 Å². The molecular formula is C37H60N6O7S. The van der Waals surface area contributed by atoms with Gasteiger partial charge in [0.05, 0.1) is 34.5 Å². The third kappa shape index (κ3) is 11.1. The largest absolute Gasteiger partial charge is 0.366 e. The van der Waals surface area contributed by atoms with Crippen LogP contribution in [-0.2, 0) is 33.4 Å². The Kier molecular flexibility index (Phi) is 14.5. The van der Waals surface area contributed by atoms with Crippen LogP contribution in [0.5, 0.6) is 0 Å². The number of thioether (sulfide) groups is 1. The molecule has 5 amide bonds. The van der Waals surface area contributed by atoms with Gasteiger partial charge in [0.15, 0.2) is 0 Å². The number of amides is 5. The van der Waals surface area contributed by atoms with Crippen LogP contribution in [0.4, 0.5) is 0 Å². The van der Waals surface area contributed by atoms with Gasteiger partial charge >= 0.3 is 0 Å². The van der Waals surface area contributed by atoms with Crippen molar-refractivity contribution in [2.24, 2.45) is 16.8 Å². The summed E-state index contributed by atoms with van der Waals surface area (Å²) < 4.78 is 12.4. The molecule has 3 aliphatic heterocycles. The number of fused-ring (bicyclic) bond motifs is 2. The highest BCUT2D eigenvalue weighted by atomic mass is 32.2. The molecule has 0 radical (unpaired) electrons. The molecule has 0 aromatic heterocycles. The second kappa shape index (κ2) is 17.5. The molecule has 1 fully saturated rings. The Balaban J connectivity index is 2.13. The maximum absolute atomic E-state index is 14.2. The molecule has 0 aromatic rings. The van der Waals surface area contributed by atoms with Crippen molar-refractivity contribution in [3.05, 3.63) is 25.3 Å². The first-order chi connectivity index (χ1) is 23.7. The summed E-state index contributed by atoms with van der Waals surface area (Å²) in [6.07, 6.45) is 3.08. The lowest BCUT2D eigenvalue weighted by Gasteiger charge is -2.35. The van der Waals surface area contributed by atoms with E-state index in [1.807, 2.05) is 27.7 Å². The Morgan fingerprint density at radius 2 is 1.31 bits per heavy atom. The second-order valence-corrected chi connectivity index (χ2v) is 16.7. The van der Waals surface area contributed by atoms with E-state index in [0.29, 0.717) is 36.6 Å². The molecule has 286 valence electrons. The third-order valence-corrected chi connectivity index (χ3v) is 10.6. The molecule has 0 spiro atoms. The molecule has 3 aliphatic rings.